The second kappa shape index (κ2) is 8.28. The standard InChI is InChI=1S/C22H22N4O4/c1-3-30-21(27)19-17(12-26-13-23-16-6-4-5-7-18(16)26)24-22(28)25-20(19)14-8-10-15(29-2)11-9-14/h4-11,13,20H,3,12H2,1-2H3,(H2,24,25,28)/t20-/m0/s1. The van der Waals surface area contributed by atoms with Crippen molar-refractivity contribution in [1.29, 1.82) is 0 Å². The molecule has 0 saturated heterocycles. The molecule has 0 radical (unpaired) electrons. The van der Waals surface area contributed by atoms with Crippen LogP contribution in [-0.2, 0) is 16.1 Å². The molecule has 1 atom stereocenters. The van der Waals surface area contributed by atoms with Crippen LogP contribution in [0.2, 0.25) is 0 Å². The number of carbonyl (C=O) groups excluding carboxylic acids is 2. The van der Waals surface area contributed by atoms with Crippen molar-refractivity contribution in [3.05, 3.63) is 71.7 Å². The van der Waals surface area contributed by atoms with Crippen LogP contribution in [0.3, 0.4) is 0 Å². The van der Waals surface area contributed by atoms with E-state index < -0.39 is 12.0 Å². The molecule has 2 heterocycles. The summed E-state index contributed by atoms with van der Waals surface area (Å²) in [5.74, 6) is 0.205. The minimum atomic E-state index is -0.645. The molecule has 2 N–H and O–H groups in total. The number of rotatable bonds is 6. The number of fused-ring (bicyclic) bond motifs is 1. The molecular weight excluding hydrogens is 384 g/mol. The molecule has 0 unspecified atom stereocenters. The van der Waals surface area contributed by atoms with Crippen LogP contribution in [0.25, 0.3) is 11.0 Å². The van der Waals surface area contributed by atoms with E-state index in [1.807, 2.05) is 41.0 Å². The maximum atomic E-state index is 12.9. The highest BCUT2D eigenvalue weighted by atomic mass is 16.5. The number of nitrogens with zero attached hydrogens (tertiary/aromatic N) is 2. The lowest BCUT2D eigenvalue weighted by molar-refractivity contribution is -0.139. The Morgan fingerprint density at radius 3 is 2.67 bits per heavy atom. The van der Waals surface area contributed by atoms with Gasteiger partial charge in [-0.3, -0.25) is 0 Å². The fourth-order valence-electron chi connectivity index (χ4n) is 3.55. The summed E-state index contributed by atoms with van der Waals surface area (Å²) in [5, 5.41) is 5.62. The van der Waals surface area contributed by atoms with Crippen LogP contribution in [0.1, 0.15) is 18.5 Å². The number of benzene rings is 2. The van der Waals surface area contributed by atoms with Crippen LogP contribution >= 0.6 is 0 Å². The highest BCUT2D eigenvalue weighted by Crippen LogP contribution is 2.30. The Morgan fingerprint density at radius 2 is 1.93 bits per heavy atom. The van der Waals surface area contributed by atoms with Crippen LogP contribution in [0.15, 0.2) is 66.1 Å². The molecular formula is C22H22N4O4. The fourth-order valence-corrected chi connectivity index (χ4v) is 3.55. The number of carbonyl (C=O) groups is 2. The van der Waals surface area contributed by atoms with E-state index >= 15 is 0 Å². The highest BCUT2D eigenvalue weighted by molar-refractivity contribution is 5.95. The molecule has 30 heavy (non-hydrogen) atoms. The van der Waals surface area contributed by atoms with E-state index in [9.17, 15) is 9.59 Å². The monoisotopic (exact) mass is 406 g/mol. The highest BCUT2D eigenvalue weighted by Gasteiger charge is 2.34. The number of allylic oxidation sites excluding steroid dienone is 1. The number of amides is 2. The molecule has 0 saturated carbocycles. The van der Waals surface area contributed by atoms with Gasteiger partial charge in [0.2, 0.25) is 0 Å². The van der Waals surface area contributed by atoms with Crippen molar-refractivity contribution in [2.45, 2.75) is 19.5 Å². The number of aromatic nitrogens is 2. The van der Waals surface area contributed by atoms with E-state index in [4.69, 9.17) is 9.47 Å². The van der Waals surface area contributed by atoms with Gasteiger partial charge in [0, 0.05) is 0 Å². The smallest absolute Gasteiger partial charge is 0.338 e. The molecule has 154 valence electrons. The Kier molecular flexibility index (Phi) is 5.38. The van der Waals surface area contributed by atoms with Gasteiger partial charge in [-0.2, -0.15) is 0 Å². The number of ether oxygens (including phenoxy) is 2. The van der Waals surface area contributed by atoms with Crippen molar-refractivity contribution < 1.29 is 19.1 Å². The quantitative estimate of drug-likeness (QED) is 0.614. The molecule has 4 rings (SSSR count). The summed E-state index contributed by atoms with van der Waals surface area (Å²) >= 11 is 0. The molecule has 8 heteroatoms. The number of esters is 1. The number of urea groups is 1. The third kappa shape index (κ3) is 3.71. The molecule has 1 aliphatic heterocycles. The first-order valence-corrected chi connectivity index (χ1v) is 9.62. The summed E-state index contributed by atoms with van der Waals surface area (Å²) in [5.41, 5.74) is 3.33. The Bertz CT molecular complexity index is 1120. The van der Waals surface area contributed by atoms with Crippen LogP contribution < -0.4 is 15.4 Å². The van der Waals surface area contributed by atoms with Gasteiger partial charge in [0.25, 0.3) is 0 Å². The van der Waals surface area contributed by atoms with E-state index in [0.29, 0.717) is 17.0 Å². The molecule has 8 nitrogen and oxygen atoms in total. The van der Waals surface area contributed by atoms with Gasteiger partial charge < -0.3 is 24.7 Å². The number of para-hydroxylation sites is 2. The zero-order valence-electron chi connectivity index (χ0n) is 16.7. The largest absolute Gasteiger partial charge is 0.497 e. The molecule has 2 aromatic carbocycles. The summed E-state index contributed by atoms with van der Waals surface area (Å²) in [6, 6.07) is 13.9. The lowest BCUT2D eigenvalue weighted by Crippen LogP contribution is -2.46. The number of hydrogen-bond acceptors (Lipinski definition) is 5. The van der Waals surface area contributed by atoms with Gasteiger partial charge >= 0.3 is 12.0 Å². The lowest BCUT2D eigenvalue weighted by atomic mass is 9.95. The summed E-state index contributed by atoms with van der Waals surface area (Å²) in [6.07, 6.45) is 1.69. The van der Waals surface area contributed by atoms with E-state index in [0.717, 1.165) is 16.6 Å². The van der Waals surface area contributed by atoms with Crippen LogP contribution in [-0.4, -0.2) is 35.3 Å². The predicted octanol–water partition coefficient (Wildman–Crippen LogP) is 2.92. The van der Waals surface area contributed by atoms with Gasteiger partial charge in [-0.05, 0) is 36.8 Å². The van der Waals surface area contributed by atoms with Gasteiger partial charge in [-0.15, -0.1) is 0 Å². The molecule has 1 aromatic heterocycles. The average Bonchev–Trinajstić information content (AvgIpc) is 3.16. The number of methoxy groups -OCH3 is 1. The van der Waals surface area contributed by atoms with E-state index in [-0.39, 0.29) is 19.2 Å². The molecule has 0 spiro atoms. The van der Waals surface area contributed by atoms with Crippen molar-refractivity contribution >= 4 is 23.0 Å². The average molecular weight is 406 g/mol. The number of hydrogen-bond donors (Lipinski definition) is 2. The van der Waals surface area contributed by atoms with E-state index in [2.05, 4.69) is 15.6 Å². The number of imidazole rings is 1. The summed E-state index contributed by atoms with van der Waals surface area (Å²) in [7, 11) is 1.58. The maximum Gasteiger partial charge on any atom is 0.338 e. The first-order chi connectivity index (χ1) is 14.6. The third-order valence-corrected chi connectivity index (χ3v) is 4.95. The summed E-state index contributed by atoms with van der Waals surface area (Å²) in [6.45, 7) is 2.25. The molecule has 0 fully saturated rings. The van der Waals surface area contributed by atoms with Crippen LogP contribution in [0, 0.1) is 0 Å². The Labute approximate surface area is 173 Å². The normalized spacial score (nSPS) is 16.2. The maximum absolute atomic E-state index is 12.9. The van der Waals surface area contributed by atoms with Crippen molar-refractivity contribution in [2.75, 3.05) is 13.7 Å². The first-order valence-electron chi connectivity index (χ1n) is 9.62. The van der Waals surface area contributed by atoms with Crippen molar-refractivity contribution in [3.63, 3.8) is 0 Å². The zero-order chi connectivity index (χ0) is 21.1. The number of nitrogens with one attached hydrogen (secondary N) is 2. The van der Waals surface area contributed by atoms with Crippen LogP contribution in [0.4, 0.5) is 4.79 Å². The second-order valence-electron chi connectivity index (χ2n) is 6.78. The molecule has 0 aliphatic carbocycles. The second-order valence-corrected chi connectivity index (χ2v) is 6.78. The Hall–Kier alpha value is -3.81. The molecule has 0 bridgehead atoms. The van der Waals surface area contributed by atoms with Gasteiger partial charge in [-0.1, -0.05) is 24.3 Å². The molecule has 3 aromatic rings. The van der Waals surface area contributed by atoms with Gasteiger partial charge in [0.1, 0.15) is 5.75 Å². The third-order valence-electron chi connectivity index (χ3n) is 4.95. The van der Waals surface area contributed by atoms with Crippen molar-refractivity contribution in [1.82, 2.24) is 20.2 Å². The molecule has 1 aliphatic rings. The van der Waals surface area contributed by atoms with E-state index in [1.165, 1.54) is 0 Å². The predicted molar refractivity (Wildman–Crippen MR) is 111 cm³/mol. The summed E-state index contributed by atoms with van der Waals surface area (Å²) < 4.78 is 12.4. The Morgan fingerprint density at radius 1 is 1.17 bits per heavy atom. The fraction of sp³-hybridized carbons (Fsp3) is 0.227. The minimum absolute atomic E-state index is 0.229. The minimum Gasteiger partial charge on any atom is -0.497 e. The van der Waals surface area contributed by atoms with Crippen molar-refractivity contribution in [2.24, 2.45) is 0 Å². The van der Waals surface area contributed by atoms with Gasteiger partial charge in [-0.25, -0.2) is 14.6 Å². The lowest BCUT2D eigenvalue weighted by Gasteiger charge is -2.29. The summed E-state index contributed by atoms with van der Waals surface area (Å²) in [4.78, 5) is 29.7. The topological polar surface area (TPSA) is 94.5 Å². The first kappa shape index (κ1) is 19.5. The molecule has 2 amide bonds. The van der Waals surface area contributed by atoms with E-state index in [1.54, 1.807) is 32.5 Å². The van der Waals surface area contributed by atoms with Gasteiger partial charge in [0.05, 0.1) is 54.9 Å². The van der Waals surface area contributed by atoms with Crippen molar-refractivity contribution in [3.8, 4) is 5.75 Å². The SMILES string of the molecule is CCOC(=O)C1=C(Cn2cnc3ccccc32)NC(=O)N[C@H]1c1ccc(OC)cc1. The Balaban J connectivity index is 1.79. The van der Waals surface area contributed by atoms with Gasteiger partial charge in [0.15, 0.2) is 0 Å². The van der Waals surface area contributed by atoms with Crippen LogP contribution in [0.5, 0.6) is 5.75 Å². The zero-order valence-corrected chi connectivity index (χ0v) is 16.7.